The summed E-state index contributed by atoms with van der Waals surface area (Å²) in [5.41, 5.74) is 6.19. The number of aromatic hydroxyl groups is 2. The topological polar surface area (TPSA) is 76.1 Å². The van der Waals surface area contributed by atoms with Crippen molar-refractivity contribution < 1.29 is 10.2 Å². The largest absolute Gasteiger partial charge is 0.507 e. The fraction of sp³-hybridized carbons (Fsp3) is 0.220. The first-order chi connectivity index (χ1) is 22.4. The number of aromatic nitrogens is 4. The van der Waals surface area contributed by atoms with Gasteiger partial charge in [0.15, 0.2) is 0 Å². The zero-order chi connectivity index (χ0) is 32.9. The van der Waals surface area contributed by atoms with E-state index in [1.807, 2.05) is 72.8 Å². The van der Waals surface area contributed by atoms with E-state index in [0.29, 0.717) is 0 Å². The highest BCUT2D eigenvalue weighted by molar-refractivity contribution is 6.02. The van der Waals surface area contributed by atoms with Gasteiger partial charge in [0, 0.05) is 39.0 Å². The van der Waals surface area contributed by atoms with Gasteiger partial charge in [0.2, 0.25) is 0 Å². The molecule has 8 bridgehead atoms. The van der Waals surface area contributed by atoms with Gasteiger partial charge in [-0.3, -0.25) is 9.13 Å². The van der Waals surface area contributed by atoms with Crippen LogP contribution in [0, 0.1) is 0 Å². The molecule has 0 radical (unpaired) electrons. The van der Waals surface area contributed by atoms with Crippen molar-refractivity contribution in [3.63, 3.8) is 0 Å². The monoisotopic (exact) mass is 618 g/mol. The number of para-hydroxylation sites is 4. The molecule has 2 N–H and O–H groups in total. The number of nitrogens with zero attached hydrogens (tertiary/aromatic N) is 4. The van der Waals surface area contributed by atoms with Crippen LogP contribution in [-0.2, 0) is 16.2 Å². The van der Waals surface area contributed by atoms with Gasteiger partial charge < -0.3 is 10.2 Å². The number of hydrogen-bond acceptors (Lipinski definition) is 4. The van der Waals surface area contributed by atoms with Crippen molar-refractivity contribution in [3.05, 3.63) is 143 Å². The van der Waals surface area contributed by atoms with Crippen molar-refractivity contribution in [2.24, 2.45) is 0 Å². The number of hydrogen-bond donors (Lipinski definition) is 2. The van der Waals surface area contributed by atoms with Crippen molar-refractivity contribution >= 4 is 22.1 Å². The minimum absolute atomic E-state index is 0.202. The van der Waals surface area contributed by atoms with Gasteiger partial charge in [-0.05, 0) is 64.1 Å². The van der Waals surface area contributed by atoms with Crippen LogP contribution in [0.25, 0.3) is 33.4 Å². The predicted molar refractivity (Wildman–Crippen MR) is 188 cm³/mol. The van der Waals surface area contributed by atoms with Crippen LogP contribution in [-0.4, -0.2) is 29.3 Å². The molecule has 7 aromatic rings. The molecule has 3 heterocycles. The summed E-state index contributed by atoms with van der Waals surface area (Å²) in [6, 6.07) is 36.7. The number of rotatable bonds is 2. The fourth-order valence-corrected chi connectivity index (χ4v) is 7.69. The molecule has 1 aliphatic heterocycles. The Hall–Kier alpha value is -5.36. The molecule has 0 saturated heterocycles. The second-order valence-corrected chi connectivity index (χ2v) is 14.3. The summed E-state index contributed by atoms with van der Waals surface area (Å²) < 4.78 is 4.41. The Labute approximate surface area is 274 Å². The number of phenols is 2. The Bertz CT molecular complexity index is 2180. The van der Waals surface area contributed by atoms with E-state index < -0.39 is 16.2 Å². The molecule has 0 atom stereocenters. The molecular formula is C41H38N4O2. The molecule has 234 valence electrons. The first kappa shape index (κ1) is 29.1. The second kappa shape index (κ2) is 9.82. The lowest BCUT2D eigenvalue weighted by atomic mass is 9.72. The van der Waals surface area contributed by atoms with Gasteiger partial charge in [0.05, 0.1) is 21.9 Å². The SMILES string of the molecule is CC1(C)c2cccc(c2O)C(C)(C)c2nc3c4nc(n(-c5ccccc5)c4ccc3n2-c2ccccc2)C(C)(C)c2cccc1c2O. The summed E-state index contributed by atoms with van der Waals surface area (Å²) >= 11 is 0. The summed E-state index contributed by atoms with van der Waals surface area (Å²) in [6.45, 7) is 12.6. The van der Waals surface area contributed by atoms with Crippen LogP contribution in [0.3, 0.4) is 0 Å². The number of phenolic OH excluding ortho intramolecular Hbond substituents is 2. The van der Waals surface area contributed by atoms with Gasteiger partial charge in [-0.15, -0.1) is 0 Å². The lowest BCUT2D eigenvalue weighted by molar-refractivity contribution is 0.413. The summed E-state index contributed by atoms with van der Waals surface area (Å²) in [5.74, 6) is 2.00. The molecule has 2 aromatic heterocycles. The molecule has 8 rings (SSSR count). The standard InChI is InChI=1S/C41H38N4O2/c1-39(2)27-19-13-21-29(35(27)46)40(3,4)37-42-33-31(44(37)25-15-9-7-10-16-25)23-24-32-34(33)43-38(45(32)26-17-11-8-12-18-26)41(5,6)30-22-14-20-28(39)36(30)47/h7-24,46-47H,1-6H3. The van der Waals surface area contributed by atoms with E-state index in [4.69, 9.17) is 9.97 Å². The second-order valence-electron chi connectivity index (χ2n) is 14.3. The van der Waals surface area contributed by atoms with Crippen LogP contribution in [0.5, 0.6) is 11.5 Å². The summed E-state index contributed by atoms with van der Waals surface area (Å²) in [7, 11) is 0. The lowest BCUT2D eigenvalue weighted by Gasteiger charge is -2.34. The third-order valence-electron chi connectivity index (χ3n) is 10.4. The fourth-order valence-electron chi connectivity index (χ4n) is 7.69. The van der Waals surface area contributed by atoms with Gasteiger partial charge in [-0.25, -0.2) is 9.97 Å². The molecule has 6 heteroatoms. The van der Waals surface area contributed by atoms with E-state index in [2.05, 4.69) is 87.1 Å². The highest BCUT2D eigenvalue weighted by atomic mass is 16.3. The Balaban J connectivity index is 1.60. The van der Waals surface area contributed by atoms with E-state index in [1.165, 1.54) is 0 Å². The lowest BCUT2D eigenvalue weighted by Crippen LogP contribution is -2.27. The van der Waals surface area contributed by atoms with Crippen LogP contribution >= 0.6 is 0 Å². The maximum Gasteiger partial charge on any atom is 0.124 e. The van der Waals surface area contributed by atoms with Crippen molar-refractivity contribution in [2.45, 2.75) is 57.8 Å². The molecule has 6 nitrogen and oxygen atoms in total. The van der Waals surface area contributed by atoms with Gasteiger partial charge in [-0.2, -0.15) is 0 Å². The van der Waals surface area contributed by atoms with E-state index in [-0.39, 0.29) is 11.5 Å². The van der Waals surface area contributed by atoms with Crippen LogP contribution < -0.4 is 0 Å². The molecule has 5 aromatic carbocycles. The molecule has 0 fully saturated rings. The van der Waals surface area contributed by atoms with Gasteiger partial charge >= 0.3 is 0 Å². The average Bonchev–Trinajstić information content (AvgIpc) is 3.65. The molecular weight excluding hydrogens is 580 g/mol. The highest BCUT2D eigenvalue weighted by Crippen LogP contribution is 2.50. The Kier molecular flexibility index (Phi) is 6.07. The van der Waals surface area contributed by atoms with Crippen molar-refractivity contribution in [3.8, 4) is 22.9 Å². The van der Waals surface area contributed by atoms with Crippen LogP contribution in [0.1, 0.15) is 75.4 Å². The van der Waals surface area contributed by atoms with Crippen molar-refractivity contribution in [1.29, 1.82) is 0 Å². The molecule has 1 aliphatic rings. The minimum Gasteiger partial charge on any atom is -0.507 e. The maximum absolute atomic E-state index is 12.2. The zero-order valence-electron chi connectivity index (χ0n) is 27.6. The van der Waals surface area contributed by atoms with E-state index >= 15 is 0 Å². The van der Waals surface area contributed by atoms with E-state index in [1.54, 1.807) is 0 Å². The van der Waals surface area contributed by atoms with Crippen LogP contribution in [0.4, 0.5) is 0 Å². The number of benzene rings is 5. The normalized spacial score (nSPS) is 16.1. The summed E-state index contributed by atoms with van der Waals surface area (Å²) in [5, 5.41) is 24.3. The zero-order valence-corrected chi connectivity index (χ0v) is 27.6. The Morgan fingerprint density at radius 1 is 0.426 bits per heavy atom. The molecule has 47 heavy (non-hydrogen) atoms. The quantitative estimate of drug-likeness (QED) is 0.203. The predicted octanol–water partition coefficient (Wildman–Crippen LogP) is 9.07. The van der Waals surface area contributed by atoms with Crippen LogP contribution in [0.2, 0.25) is 0 Å². The van der Waals surface area contributed by atoms with Crippen LogP contribution in [0.15, 0.2) is 109 Å². The third-order valence-corrected chi connectivity index (χ3v) is 10.4. The van der Waals surface area contributed by atoms with Gasteiger partial charge in [0.1, 0.15) is 34.2 Å². The molecule has 0 aliphatic carbocycles. The molecule has 0 saturated carbocycles. The van der Waals surface area contributed by atoms with Crippen molar-refractivity contribution in [2.75, 3.05) is 0 Å². The first-order valence-electron chi connectivity index (χ1n) is 16.2. The van der Waals surface area contributed by atoms with Gasteiger partial charge in [-0.1, -0.05) is 86.6 Å². The summed E-state index contributed by atoms with van der Waals surface area (Å²) in [4.78, 5) is 10.9. The molecule has 0 amide bonds. The minimum atomic E-state index is -0.738. The van der Waals surface area contributed by atoms with E-state index in [9.17, 15) is 10.2 Å². The average molecular weight is 619 g/mol. The Morgan fingerprint density at radius 3 is 1.13 bits per heavy atom. The number of fused-ring (bicyclic) bond motifs is 6. The smallest absolute Gasteiger partial charge is 0.124 e. The maximum atomic E-state index is 12.2. The van der Waals surface area contributed by atoms with Crippen molar-refractivity contribution in [1.82, 2.24) is 19.1 Å². The Morgan fingerprint density at radius 2 is 0.766 bits per heavy atom. The molecule has 0 unspecified atom stereocenters. The number of imidazole rings is 2. The third kappa shape index (κ3) is 3.97. The molecule has 0 spiro atoms. The summed E-state index contributed by atoms with van der Waals surface area (Å²) in [6.07, 6.45) is 0. The highest BCUT2D eigenvalue weighted by Gasteiger charge is 2.40. The van der Waals surface area contributed by atoms with E-state index in [0.717, 1.165) is 67.3 Å². The first-order valence-corrected chi connectivity index (χ1v) is 16.2. The van der Waals surface area contributed by atoms with Gasteiger partial charge in [0.25, 0.3) is 0 Å².